The number of carbonyl (C=O) groups excluding carboxylic acids is 2. The molecule has 0 aromatic carbocycles. The summed E-state index contributed by atoms with van der Waals surface area (Å²) >= 11 is 1.54. The van der Waals surface area contributed by atoms with Gasteiger partial charge in [-0.1, -0.05) is 6.07 Å². The smallest absolute Gasteiger partial charge is 0.264 e. The van der Waals surface area contributed by atoms with Crippen molar-refractivity contribution < 1.29 is 9.59 Å². The molecule has 1 saturated heterocycles. The standard InChI is InChI=1S/C18H21N3O2S/c1-12-5-8-17(24-12)18(23)21-9-3-4-16(21)15-7-6-14(11-20-15)10-19-13(2)22/h5-8,11,16H,3-4,9-10H2,1-2H3,(H,19,22). The number of carbonyl (C=O) groups is 2. The molecule has 0 aliphatic carbocycles. The Kier molecular flexibility index (Phi) is 4.94. The molecule has 3 rings (SSSR count). The van der Waals surface area contributed by atoms with Crippen LogP contribution in [0.5, 0.6) is 0 Å². The molecule has 1 aliphatic rings. The average molecular weight is 343 g/mol. The maximum absolute atomic E-state index is 12.7. The second-order valence-corrected chi connectivity index (χ2v) is 7.36. The average Bonchev–Trinajstić information content (AvgIpc) is 3.22. The highest BCUT2D eigenvalue weighted by Gasteiger charge is 2.31. The summed E-state index contributed by atoms with van der Waals surface area (Å²) in [5.41, 5.74) is 1.87. The number of rotatable bonds is 4. The monoisotopic (exact) mass is 343 g/mol. The summed E-state index contributed by atoms with van der Waals surface area (Å²) in [6.45, 7) is 4.76. The number of hydrogen-bond acceptors (Lipinski definition) is 4. The van der Waals surface area contributed by atoms with Gasteiger partial charge in [0, 0.05) is 31.1 Å². The van der Waals surface area contributed by atoms with E-state index in [1.54, 1.807) is 6.20 Å². The molecule has 2 aromatic heterocycles. The lowest BCUT2D eigenvalue weighted by molar-refractivity contribution is -0.119. The van der Waals surface area contributed by atoms with E-state index in [2.05, 4.69) is 10.3 Å². The van der Waals surface area contributed by atoms with Crippen LogP contribution in [0.15, 0.2) is 30.5 Å². The summed E-state index contributed by atoms with van der Waals surface area (Å²) in [5, 5.41) is 2.76. The first-order chi connectivity index (χ1) is 11.5. The van der Waals surface area contributed by atoms with Gasteiger partial charge in [-0.25, -0.2) is 0 Å². The Bertz CT molecular complexity index is 739. The molecule has 1 unspecified atom stereocenters. The van der Waals surface area contributed by atoms with E-state index in [4.69, 9.17) is 0 Å². The molecule has 1 atom stereocenters. The number of pyridine rings is 1. The van der Waals surface area contributed by atoms with Crippen molar-refractivity contribution >= 4 is 23.2 Å². The van der Waals surface area contributed by atoms with Crippen molar-refractivity contribution in [2.45, 2.75) is 39.3 Å². The van der Waals surface area contributed by atoms with E-state index in [1.165, 1.54) is 18.3 Å². The Labute approximate surface area is 145 Å². The van der Waals surface area contributed by atoms with Crippen LogP contribution < -0.4 is 5.32 Å². The second kappa shape index (κ2) is 7.13. The quantitative estimate of drug-likeness (QED) is 0.928. The van der Waals surface area contributed by atoms with Gasteiger partial charge in [0.25, 0.3) is 5.91 Å². The van der Waals surface area contributed by atoms with Gasteiger partial charge in [0.05, 0.1) is 16.6 Å². The maximum atomic E-state index is 12.7. The third-order valence-electron chi connectivity index (χ3n) is 4.20. The van der Waals surface area contributed by atoms with Crippen LogP contribution in [-0.4, -0.2) is 28.2 Å². The fraction of sp³-hybridized carbons (Fsp3) is 0.389. The zero-order chi connectivity index (χ0) is 17.1. The first-order valence-corrected chi connectivity index (χ1v) is 8.93. The molecule has 2 aromatic rings. The topological polar surface area (TPSA) is 62.3 Å². The van der Waals surface area contributed by atoms with Crippen LogP contribution in [0.1, 0.15) is 51.6 Å². The fourth-order valence-corrected chi connectivity index (χ4v) is 3.80. The third kappa shape index (κ3) is 3.64. The van der Waals surface area contributed by atoms with E-state index in [-0.39, 0.29) is 17.9 Å². The van der Waals surface area contributed by atoms with Crippen LogP contribution >= 0.6 is 11.3 Å². The summed E-state index contributed by atoms with van der Waals surface area (Å²) in [4.78, 5) is 32.1. The Morgan fingerprint density at radius 1 is 1.33 bits per heavy atom. The van der Waals surface area contributed by atoms with Gasteiger partial charge >= 0.3 is 0 Å². The molecule has 1 fully saturated rings. The molecular formula is C18H21N3O2S. The molecule has 1 aliphatic heterocycles. The molecule has 126 valence electrons. The lowest BCUT2D eigenvalue weighted by atomic mass is 10.1. The van der Waals surface area contributed by atoms with E-state index in [1.807, 2.05) is 36.1 Å². The Morgan fingerprint density at radius 3 is 2.79 bits per heavy atom. The lowest BCUT2D eigenvalue weighted by Crippen LogP contribution is -2.30. The van der Waals surface area contributed by atoms with Gasteiger partial charge in [-0.3, -0.25) is 14.6 Å². The minimum absolute atomic E-state index is 0.0368. The number of hydrogen-bond donors (Lipinski definition) is 1. The van der Waals surface area contributed by atoms with E-state index in [0.29, 0.717) is 6.54 Å². The third-order valence-corrected chi connectivity index (χ3v) is 5.18. The van der Waals surface area contributed by atoms with Crippen LogP contribution in [0.2, 0.25) is 0 Å². The van der Waals surface area contributed by atoms with E-state index in [9.17, 15) is 9.59 Å². The summed E-state index contributed by atoms with van der Waals surface area (Å²) in [6.07, 6.45) is 3.71. The van der Waals surface area contributed by atoms with Crippen molar-refractivity contribution in [1.82, 2.24) is 15.2 Å². The summed E-state index contributed by atoms with van der Waals surface area (Å²) in [6, 6.07) is 7.86. The highest BCUT2D eigenvalue weighted by molar-refractivity contribution is 7.13. The normalized spacial score (nSPS) is 17.1. The molecule has 0 spiro atoms. The van der Waals surface area contributed by atoms with E-state index >= 15 is 0 Å². The number of thiophene rings is 1. The number of nitrogens with zero attached hydrogens (tertiary/aromatic N) is 2. The maximum Gasteiger partial charge on any atom is 0.264 e. The second-order valence-electron chi connectivity index (χ2n) is 6.07. The van der Waals surface area contributed by atoms with Gasteiger partial charge in [0.15, 0.2) is 0 Å². The molecule has 1 N–H and O–H groups in total. The summed E-state index contributed by atoms with van der Waals surface area (Å²) in [7, 11) is 0. The molecule has 24 heavy (non-hydrogen) atoms. The molecule has 0 radical (unpaired) electrons. The van der Waals surface area contributed by atoms with Crippen molar-refractivity contribution in [3.8, 4) is 0 Å². The van der Waals surface area contributed by atoms with Gasteiger partial charge in [-0.15, -0.1) is 11.3 Å². The Hall–Kier alpha value is -2.21. The predicted octanol–water partition coefficient (Wildman–Crippen LogP) is 3.06. The zero-order valence-corrected chi connectivity index (χ0v) is 14.7. The Balaban J connectivity index is 1.73. The van der Waals surface area contributed by atoms with Gasteiger partial charge < -0.3 is 10.2 Å². The summed E-state index contributed by atoms with van der Waals surface area (Å²) < 4.78 is 0. The molecule has 0 saturated carbocycles. The minimum Gasteiger partial charge on any atom is -0.352 e. The van der Waals surface area contributed by atoms with E-state index < -0.39 is 0 Å². The highest BCUT2D eigenvalue weighted by Crippen LogP contribution is 2.33. The molecule has 3 heterocycles. The van der Waals surface area contributed by atoms with Gasteiger partial charge in [-0.05, 0) is 43.5 Å². The highest BCUT2D eigenvalue weighted by atomic mass is 32.1. The largest absolute Gasteiger partial charge is 0.352 e. The number of aromatic nitrogens is 1. The molecule has 6 heteroatoms. The van der Waals surface area contributed by atoms with Crippen LogP contribution in [-0.2, 0) is 11.3 Å². The predicted molar refractivity (Wildman–Crippen MR) is 93.8 cm³/mol. The van der Waals surface area contributed by atoms with Gasteiger partial charge in [0.2, 0.25) is 5.91 Å². The van der Waals surface area contributed by atoms with Crippen molar-refractivity contribution in [3.05, 3.63) is 51.5 Å². The van der Waals surface area contributed by atoms with Gasteiger partial charge in [-0.2, -0.15) is 0 Å². The molecule has 0 bridgehead atoms. The lowest BCUT2D eigenvalue weighted by Gasteiger charge is -2.24. The van der Waals surface area contributed by atoms with Crippen molar-refractivity contribution in [3.63, 3.8) is 0 Å². The van der Waals surface area contributed by atoms with Crippen molar-refractivity contribution in [2.24, 2.45) is 0 Å². The van der Waals surface area contributed by atoms with Crippen LogP contribution in [0, 0.1) is 6.92 Å². The fourth-order valence-electron chi connectivity index (χ4n) is 2.97. The van der Waals surface area contributed by atoms with Crippen LogP contribution in [0.3, 0.4) is 0 Å². The number of nitrogens with one attached hydrogen (secondary N) is 1. The van der Waals surface area contributed by atoms with Crippen molar-refractivity contribution in [2.75, 3.05) is 6.54 Å². The number of aryl methyl sites for hydroxylation is 1. The van der Waals surface area contributed by atoms with Crippen LogP contribution in [0.25, 0.3) is 0 Å². The number of amides is 2. The van der Waals surface area contributed by atoms with Crippen molar-refractivity contribution in [1.29, 1.82) is 0 Å². The molecular weight excluding hydrogens is 322 g/mol. The molecule has 2 amide bonds. The first-order valence-electron chi connectivity index (χ1n) is 8.11. The zero-order valence-electron chi connectivity index (χ0n) is 13.9. The van der Waals surface area contributed by atoms with Gasteiger partial charge in [0.1, 0.15) is 0 Å². The Morgan fingerprint density at radius 2 is 2.17 bits per heavy atom. The first kappa shape index (κ1) is 16.6. The van der Waals surface area contributed by atoms with Crippen LogP contribution in [0.4, 0.5) is 0 Å². The minimum atomic E-state index is -0.0575. The van der Waals surface area contributed by atoms with E-state index in [0.717, 1.165) is 40.4 Å². The SMILES string of the molecule is CC(=O)NCc1ccc(C2CCCN2C(=O)c2ccc(C)s2)nc1. The molecule has 5 nitrogen and oxygen atoms in total. The summed E-state index contributed by atoms with van der Waals surface area (Å²) in [5.74, 6) is 0.0394. The number of likely N-dealkylation sites (tertiary alicyclic amines) is 1.